The second-order valence-corrected chi connectivity index (χ2v) is 8.15. The fourth-order valence-electron chi connectivity index (χ4n) is 4.36. The number of nitrogens with one attached hydrogen (secondary N) is 1. The Morgan fingerprint density at radius 3 is 2.90 bits per heavy atom. The maximum atomic E-state index is 14.8. The summed E-state index contributed by atoms with van der Waals surface area (Å²) in [5.74, 6) is 0.377. The van der Waals surface area contributed by atoms with Gasteiger partial charge < -0.3 is 15.0 Å². The number of aromatic nitrogens is 4. The van der Waals surface area contributed by atoms with E-state index in [4.69, 9.17) is 9.84 Å². The number of hydrogen-bond donors (Lipinski definition) is 1. The zero-order valence-corrected chi connectivity index (χ0v) is 17.6. The van der Waals surface area contributed by atoms with E-state index in [2.05, 4.69) is 10.4 Å². The number of halogens is 1. The lowest BCUT2D eigenvalue weighted by molar-refractivity contribution is -0.129. The number of amides is 1. The molecule has 1 amide bonds. The molecule has 0 spiro atoms. The molecule has 1 atom stereocenters. The summed E-state index contributed by atoms with van der Waals surface area (Å²) in [7, 11) is 1.80. The van der Waals surface area contributed by atoms with Crippen molar-refractivity contribution in [2.75, 3.05) is 25.1 Å². The van der Waals surface area contributed by atoms with E-state index in [0.29, 0.717) is 36.8 Å². The number of rotatable bonds is 4. The van der Waals surface area contributed by atoms with Crippen molar-refractivity contribution < 1.29 is 13.9 Å². The van der Waals surface area contributed by atoms with Crippen molar-refractivity contribution in [2.45, 2.75) is 32.4 Å². The molecule has 0 radical (unpaired) electrons. The third kappa shape index (κ3) is 3.69. The van der Waals surface area contributed by atoms with Crippen LogP contribution in [0.4, 0.5) is 15.9 Å². The summed E-state index contributed by atoms with van der Waals surface area (Å²) in [6, 6.07) is 5.24. The van der Waals surface area contributed by atoms with Gasteiger partial charge in [0.05, 0.1) is 25.4 Å². The number of carbonyl (C=O) groups is 1. The van der Waals surface area contributed by atoms with Crippen molar-refractivity contribution in [2.24, 2.45) is 7.05 Å². The number of carbonyl (C=O) groups excluding carboxylic acids is 1. The van der Waals surface area contributed by atoms with Crippen molar-refractivity contribution in [3.05, 3.63) is 47.7 Å². The van der Waals surface area contributed by atoms with E-state index in [1.807, 2.05) is 15.6 Å². The maximum absolute atomic E-state index is 14.8. The third-order valence-electron chi connectivity index (χ3n) is 6.03. The van der Waals surface area contributed by atoms with E-state index >= 15 is 0 Å². The molecule has 8 nitrogen and oxygen atoms in total. The van der Waals surface area contributed by atoms with Gasteiger partial charge in [0.1, 0.15) is 5.82 Å². The molecule has 1 unspecified atom stereocenters. The lowest BCUT2D eigenvalue weighted by Gasteiger charge is -2.27. The van der Waals surface area contributed by atoms with Crippen LogP contribution in [0.25, 0.3) is 11.1 Å². The first-order chi connectivity index (χ1) is 15.0. The summed E-state index contributed by atoms with van der Waals surface area (Å²) >= 11 is 0. The molecule has 5 rings (SSSR count). The van der Waals surface area contributed by atoms with Gasteiger partial charge in [-0.1, -0.05) is 0 Å². The Kier molecular flexibility index (Phi) is 4.97. The molecule has 9 heteroatoms. The number of ether oxygens (including phenoxy) is 1. The summed E-state index contributed by atoms with van der Waals surface area (Å²) in [4.78, 5) is 13.8. The minimum Gasteiger partial charge on any atom is -0.379 e. The number of hydrogen-bond acceptors (Lipinski definition) is 5. The average molecular weight is 424 g/mol. The summed E-state index contributed by atoms with van der Waals surface area (Å²) < 4.78 is 24.1. The van der Waals surface area contributed by atoms with Gasteiger partial charge in [-0.15, -0.1) is 0 Å². The number of aryl methyl sites for hydroxylation is 1. The van der Waals surface area contributed by atoms with Crippen molar-refractivity contribution in [3.8, 4) is 11.1 Å². The first-order valence-corrected chi connectivity index (χ1v) is 10.5. The fraction of sp³-hybridized carbons (Fsp3) is 0.409. The highest BCUT2D eigenvalue weighted by atomic mass is 19.1. The summed E-state index contributed by atoms with van der Waals surface area (Å²) in [5, 5.41) is 12.2. The number of nitrogens with zero attached hydrogens (tertiary/aromatic N) is 5. The fourth-order valence-corrected chi connectivity index (χ4v) is 4.36. The SMILES string of the molecule is CC(=O)N1CCc2c(c(Nc3ccc(-c4cnn(C)c4)c(F)c3)nn2C2CCOC2)C1. The normalized spacial score (nSPS) is 18.3. The van der Waals surface area contributed by atoms with Gasteiger partial charge in [0.2, 0.25) is 5.91 Å². The second-order valence-electron chi connectivity index (χ2n) is 8.15. The molecule has 1 fully saturated rings. The molecular weight excluding hydrogens is 399 g/mol. The molecule has 0 aliphatic carbocycles. The van der Waals surface area contributed by atoms with Crippen molar-refractivity contribution in [1.82, 2.24) is 24.5 Å². The molecule has 2 aliphatic rings. The van der Waals surface area contributed by atoms with Crippen LogP contribution in [0.1, 0.15) is 30.6 Å². The smallest absolute Gasteiger partial charge is 0.219 e. The van der Waals surface area contributed by atoms with Crippen LogP contribution < -0.4 is 5.32 Å². The van der Waals surface area contributed by atoms with E-state index < -0.39 is 0 Å². The number of fused-ring (bicyclic) bond motifs is 1. The molecule has 1 aromatic carbocycles. The highest BCUT2D eigenvalue weighted by molar-refractivity contribution is 5.74. The lowest BCUT2D eigenvalue weighted by Crippen LogP contribution is -2.35. The maximum Gasteiger partial charge on any atom is 0.219 e. The van der Waals surface area contributed by atoms with E-state index in [1.165, 1.54) is 6.07 Å². The molecule has 1 N–H and O–H groups in total. The predicted molar refractivity (Wildman–Crippen MR) is 113 cm³/mol. The number of anilines is 2. The van der Waals surface area contributed by atoms with Crippen molar-refractivity contribution >= 4 is 17.4 Å². The van der Waals surface area contributed by atoms with Crippen LogP contribution in [-0.2, 0) is 29.5 Å². The average Bonchev–Trinajstić information content (AvgIpc) is 3.48. The quantitative estimate of drug-likeness (QED) is 0.697. The molecule has 162 valence electrons. The highest BCUT2D eigenvalue weighted by Gasteiger charge is 2.30. The van der Waals surface area contributed by atoms with Crippen LogP contribution in [0.5, 0.6) is 0 Å². The minimum atomic E-state index is -0.333. The Morgan fingerprint density at radius 2 is 2.23 bits per heavy atom. The Bertz CT molecular complexity index is 1130. The molecular formula is C22H25FN6O2. The van der Waals surface area contributed by atoms with Gasteiger partial charge in [0.15, 0.2) is 5.82 Å². The molecule has 2 aliphatic heterocycles. The van der Waals surface area contributed by atoms with Crippen molar-refractivity contribution in [3.63, 3.8) is 0 Å². The van der Waals surface area contributed by atoms with Gasteiger partial charge in [-0.3, -0.25) is 14.2 Å². The van der Waals surface area contributed by atoms with Crippen LogP contribution in [0.2, 0.25) is 0 Å². The van der Waals surface area contributed by atoms with E-state index in [1.54, 1.807) is 37.1 Å². The summed E-state index contributed by atoms with van der Waals surface area (Å²) in [5.41, 5.74) is 3.96. The summed E-state index contributed by atoms with van der Waals surface area (Å²) in [6.45, 7) is 4.12. The molecule has 4 heterocycles. The van der Waals surface area contributed by atoms with E-state index in [-0.39, 0.29) is 17.8 Å². The van der Waals surface area contributed by atoms with Gasteiger partial charge in [0.25, 0.3) is 0 Å². The molecule has 0 saturated carbocycles. The van der Waals surface area contributed by atoms with Crippen LogP contribution in [0.15, 0.2) is 30.6 Å². The van der Waals surface area contributed by atoms with Gasteiger partial charge in [0, 0.05) is 67.8 Å². The van der Waals surface area contributed by atoms with Gasteiger partial charge in [-0.2, -0.15) is 10.2 Å². The van der Waals surface area contributed by atoms with Crippen LogP contribution in [-0.4, -0.2) is 50.1 Å². The highest BCUT2D eigenvalue weighted by Crippen LogP contribution is 2.33. The first kappa shape index (κ1) is 19.7. The predicted octanol–water partition coefficient (Wildman–Crippen LogP) is 3.03. The second kappa shape index (κ2) is 7.81. The Hall–Kier alpha value is -3.20. The Morgan fingerprint density at radius 1 is 1.35 bits per heavy atom. The molecule has 1 saturated heterocycles. The van der Waals surface area contributed by atoms with Crippen molar-refractivity contribution in [1.29, 1.82) is 0 Å². The minimum absolute atomic E-state index is 0.0421. The van der Waals surface area contributed by atoms with Crippen LogP contribution in [0.3, 0.4) is 0 Å². The van der Waals surface area contributed by atoms with E-state index in [0.717, 1.165) is 36.3 Å². The largest absolute Gasteiger partial charge is 0.379 e. The van der Waals surface area contributed by atoms with Crippen LogP contribution in [0, 0.1) is 5.82 Å². The van der Waals surface area contributed by atoms with Gasteiger partial charge in [-0.25, -0.2) is 4.39 Å². The van der Waals surface area contributed by atoms with Gasteiger partial charge >= 0.3 is 0 Å². The topological polar surface area (TPSA) is 77.2 Å². The molecule has 3 aromatic rings. The number of benzene rings is 1. The Balaban J connectivity index is 1.47. The molecule has 2 aromatic heterocycles. The van der Waals surface area contributed by atoms with E-state index in [9.17, 15) is 9.18 Å². The standard InChI is InChI=1S/C22H25FN6O2/c1-14(30)28-7-5-21-19(12-28)22(26-29(21)17-6-8-31-13-17)25-16-3-4-18(20(23)9-16)15-10-24-27(2)11-15/h3-4,9-11,17H,5-8,12-13H2,1-2H3,(H,25,26). The summed E-state index contributed by atoms with van der Waals surface area (Å²) in [6.07, 6.45) is 5.08. The Labute approximate surface area is 179 Å². The molecule has 0 bridgehead atoms. The first-order valence-electron chi connectivity index (χ1n) is 10.5. The molecule has 31 heavy (non-hydrogen) atoms. The van der Waals surface area contributed by atoms with Crippen LogP contribution >= 0.6 is 0 Å². The zero-order valence-electron chi connectivity index (χ0n) is 17.6. The third-order valence-corrected chi connectivity index (χ3v) is 6.03. The van der Waals surface area contributed by atoms with Gasteiger partial charge in [-0.05, 0) is 24.6 Å². The zero-order chi connectivity index (χ0) is 21.5. The monoisotopic (exact) mass is 424 g/mol. The lowest BCUT2D eigenvalue weighted by atomic mass is 10.1.